The Kier molecular flexibility index (Phi) is 3.84. The molecular formula is C12H17N3O4. The number of ether oxygens (including phenoxy) is 2. The van der Waals surface area contributed by atoms with Gasteiger partial charge >= 0.3 is 5.97 Å². The number of hydrogen-bond donors (Lipinski definition) is 1. The molecule has 19 heavy (non-hydrogen) atoms. The molecule has 1 aromatic heterocycles. The van der Waals surface area contributed by atoms with E-state index >= 15 is 0 Å². The quantitative estimate of drug-likeness (QED) is 0.848. The van der Waals surface area contributed by atoms with Gasteiger partial charge in [0, 0.05) is 26.1 Å². The van der Waals surface area contributed by atoms with Gasteiger partial charge in [0.25, 0.3) is 0 Å². The zero-order valence-corrected chi connectivity index (χ0v) is 11.2. The molecular weight excluding hydrogens is 250 g/mol. The largest absolute Gasteiger partial charge is 0.481 e. The van der Waals surface area contributed by atoms with E-state index < -0.39 is 12.0 Å². The highest BCUT2D eigenvalue weighted by molar-refractivity contribution is 5.78. The highest BCUT2D eigenvalue weighted by atomic mass is 16.5. The van der Waals surface area contributed by atoms with Gasteiger partial charge in [0.05, 0.1) is 13.2 Å². The van der Waals surface area contributed by atoms with Crippen LogP contribution in [-0.4, -0.2) is 54.0 Å². The van der Waals surface area contributed by atoms with Crippen LogP contribution in [0.5, 0.6) is 5.88 Å². The second-order valence-electron chi connectivity index (χ2n) is 4.42. The van der Waals surface area contributed by atoms with Crippen molar-refractivity contribution in [2.75, 3.05) is 25.7 Å². The molecule has 1 aromatic rings. The Morgan fingerprint density at radius 3 is 2.79 bits per heavy atom. The van der Waals surface area contributed by atoms with Crippen LogP contribution in [0.3, 0.4) is 0 Å². The van der Waals surface area contributed by atoms with Gasteiger partial charge in [-0.2, -0.15) is 4.98 Å². The van der Waals surface area contributed by atoms with Crippen molar-refractivity contribution in [2.24, 2.45) is 0 Å². The Morgan fingerprint density at radius 1 is 1.47 bits per heavy atom. The number of nitrogens with zero attached hydrogens (tertiary/aromatic N) is 3. The first-order chi connectivity index (χ1) is 9.05. The second kappa shape index (κ2) is 5.40. The molecule has 0 amide bonds. The van der Waals surface area contributed by atoms with Crippen molar-refractivity contribution in [3.8, 4) is 5.88 Å². The first kappa shape index (κ1) is 13.5. The zero-order chi connectivity index (χ0) is 14.0. The van der Waals surface area contributed by atoms with Crippen molar-refractivity contribution in [1.82, 2.24) is 9.97 Å². The van der Waals surface area contributed by atoms with E-state index in [2.05, 4.69) is 9.97 Å². The number of carboxylic acid groups (broad SMARTS) is 1. The summed E-state index contributed by atoms with van der Waals surface area (Å²) in [5.41, 5.74) is 0. The maximum absolute atomic E-state index is 11.3. The summed E-state index contributed by atoms with van der Waals surface area (Å²) in [6.07, 6.45) is 0.333. The predicted molar refractivity (Wildman–Crippen MR) is 67.5 cm³/mol. The minimum Gasteiger partial charge on any atom is -0.481 e. The van der Waals surface area contributed by atoms with E-state index in [0.29, 0.717) is 30.5 Å². The van der Waals surface area contributed by atoms with Gasteiger partial charge in [-0.1, -0.05) is 0 Å². The summed E-state index contributed by atoms with van der Waals surface area (Å²) in [6, 6.07) is 1.00. The number of hydrogen-bond acceptors (Lipinski definition) is 6. The number of carboxylic acids is 1. The van der Waals surface area contributed by atoms with E-state index in [9.17, 15) is 9.90 Å². The van der Waals surface area contributed by atoms with Gasteiger partial charge in [-0.05, 0) is 6.92 Å². The number of aromatic nitrogens is 2. The highest BCUT2D eigenvalue weighted by Crippen LogP contribution is 2.27. The summed E-state index contributed by atoms with van der Waals surface area (Å²) < 4.78 is 10.3. The van der Waals surface area contributed by atoms with Gasteiger partial charge in [-0.3, -0.25) is 0 Å². The third-order valence-electron chi connectivity index (χ3n) is 3.19. The molecule has 1 aliphatic heterocycles. The summed E-state index contributed by atoms with van der Waals surface area (Å²) in [7, 11) is 3.10. The van der Waals surface area contributed by atoms with Crippen molar-refractivity contribution in [3.05, 3.63) is 11.9 Å². The van der Waals surface area contributed by atoms with Crippen LogP contribution in [0.4, 0.5) is 5.82 Å². The lowest BCUT2D eigenvalue weighted by Gasteiger charge is -2.22. The molecule has 2 rings (SSSR count). The summed E-state index contributed by atoms with van der Waals surface area (Å²) in [5.74, 6) is 0.637. The number of anilines is 1. The Hall–Kier alpha value is -1.89. The molecule has 0 aromatic carbocycles. The third-order valence-corrected chi connectivity index (χ3v) is 3.19. The first-order valence-corrected chi connectivity index (χ1v) is 5.97. The molecule has 1 fully saturated rings. The van der Waals surface area contributed by atoms with Gasteiger partial charge in [0.1, 0.15) is 17.7 Å². The maximum atomic E-state index is 11.3. The molecule has 1 N–H and O–H groups in total. The lowest BCUT2D eigenvalue weighted by Crippen LogP contribution is -2.36. The number of carbonyl (C=O) groups is 1. The van der Waals surface area contributed by atoms with Crippen LogP contribution < -0.4 is 9.64 Å². The van der Waals surface area contributed by atoms with E-state index in [1.165, 1.54) is 7.11 Å². The van der Waals surface area contributed by atoms with Crippen LogP contribution in [0.25, 0.3) is 0 Å². The molecule has 2 unspecified atom stereocenters. The lowest BCUT2D eigenvalue weighted by atomic mass is 10.2. The van der Waals surface area contributed by atoms with Gasteiger partial charge in [0.2, 0.25) is 5.88 Å². The average molecular weight is 267 g/mol. The number of rotatable bonds is 4. The minimum atomic E-state index is -0.880. The standard InChI is InChI=1S/C12H17N3O4/c1-7-13-10(5-11(14-7)19-3)15-6-8(18-2)4-9(15)12(16)17/h5,8-9H,4,6H2,1-3H3,(H,16,17). The smallest absolute Gasteiger partial charge is 0.326 e. The normalized spacial score (nSPS) is 22.6. The average Bonchev–Trinajstić information content (AvgIpc) is 2.82. The van der Waals surface area contributed by atoms with E-state index in [4.69, 9.17) is 9.47 Å². The van der Waals surface area contributed by atoms with Crippen molar-refractivity contribution < 1.29 is 19.4 Å². The third kappa shape index (κ3) is 2.76. The maximum Gasteiger partial charge on any atom is 0.326 e. The summed E-state index contributed by atoms with van der Waals surface area (Å²) in [4.78, 5) is 21.4. The Bertz CT molecular complexity index is 480. The van der Waals surface area contributed by atoms with Crippen LogP contribution in [0.15, 0.2) is 6.07 Å². The molecule has 0 saturated carbocycles. The van der Waals surface area contributed by atoms with Crippen LogP contribution in [0.1, 0.15) is 12.2 Å². The van der Waals surface area contributed by atoms with Crippen molar-refractivity contribution in [3.63, 3.8) is 0 Å². The molecule has 2 atom stereocenters. The van der Waals surface area contributed by atoms with E-state index in [1.807, 2.05) is 0 Å². The molecule has 7 nitrogen and oxygen atoms in total. The SMILES string of the molecule is COc1cc(N2CC(OC)CC2C(=O)O)nc(C)n1. The fourth-order valence-electron chi connectivity index (χ4n) is 2.23. The van der Waals surface area contributed by atoms with E-state index in [0.717, 1.165) is 0 Å². The van der Waals surface area contributed by atoms with Crippen molar-refractivity contribution >= 4 is 11.8 Å². The molecule has 2 heterocycles. The van der Waals surface area contributed by atoms with Gasteiger partial charge in [-0.15, -0.1) is 0 Å². The zero-order valence-electron chi connectivity index (χ0n) is 11.2. The van der Waals surface area contributed by atoms with E-state index in [1.54, 1.807) is 25.0 Å². The van der Waals surface area contributed by atoms with Gasteiger partial charge in [0.15, 0.2) is 0 Å². The first-order valence-electron chi connectivity index (χ1n) is 5.97. The minimum absolute atomic E-state index is 0.109. The Balaban J connectivity index is 2.33. The molecule has 104 valence electrons. The Labute approximate surface area is 111 Å². The molecule has 1 aliphatic rings. The van der Waals surface area contributed by atoms with Crippen LogP contribution in [0, 0.1) is 6.92 Å². The number of aliphatic carboxylic acids is 1. The number of aryl methyl sites for hydroxylation is 1. The molecule has 0 spiro atoms. The lowest BCUT2D eigenvalue weighted by molar-refractivity contribution is -0.138. The monoisotopic (exact) mass is 267 g/mol. The molecule has 7 heteroatoms. The second-order valence-corrected chi connectivity index (χ2v) is 4.42. The molecule has 0 bridgehead atoms. The number of methoxy groups -OCH3 is 2. The van der Waals surface area contributed by atoms with Crippen molar-refractivity contribution in [1.29, 1.82) is 0 Å². The van der Waals surface area contributed by atoms with Crippen molar-refractivity contribution in [2.45, 2.75) is 25.5 Å². The van der Waals surface area contributed by atoms with E-state index in [-0.39, 0.29) is 6.10 Å². The van der Waals surface area contributed by atoms with Crippen LogP contribution in [0.2, 0.25) is 0 Å². The highest BCUT2D eigenvalue weighted by Gasteiger charge is 2.38. The van der Waals surface area contributed by atoms with Crippen LogP contribution >= 0.6 is 0 Å². The summed E-state index contributed by atoms with van der Waals surface area (Å²) in [6.45, 7) is 2.23. The summed E-state index contributed by atoms with van der Waals surface area (Å²) in [5, 5.41) is 9.28. The molecule has 1 saturated heterocycles. The summed E-state index contributed by atoms with van der Waals surface area (Å²) >= 11 is 0. The van der Waals surface area contributed by atoms with Gasteiger partial charge < -0.3 is 19.5 Å². The molecule has 0 aliphatic carbocycles. The van der Waals surface area contributed by atoms with Gasteiger partial charge in [-0.25, -0.2) is 9.78 Å². The fourth-order valence-corrected chi connectivity index (χ4v) is 2.23. The topological polar surface area (TPSA) is 84.8 Å². The van der Waals surface area contributed by atoms with Crippen LogP contribution in [-0.2, 0) is 9.53 Å². The predicted octanol–water partition coefficient (Wildman–Crippen LogP) is 0.472. The fraction of sp³-hybridized carbons (Fsp3) is 0.583. The Morgan fingerprint density at radius 2 is 2.21 bits per heavy atom. The molecule has 0 radical (unpaired) electrons.